The van der Waals surface area contributed by atoms with Crippen molar-refractivity contribution < 1.29 is 19.1 Å². The Hall–Kier alpha value is -2.91. The number of hydrogen-bond donors (Lipinski definition) is 3. The first-order valence-corrected chi connectivity index (χ1v) is 14.2. The van der Waals surface area contributed by atoms with Crippen LogP contribution < -0.4 is 20.7 Å². The summed E-state index contributed by atoms with van der Waals surface area (Å²) < 4.78 is 6.99. The maximum atomic E-state index is 13.4. The van der Waals surface area contributed by atoms with Crippen molar-refractivity contribution in [2.75, 3.05) is 26.7 Å². The zero-order valence-electron chi connectivity index (χ0n) is 22.0. The number of ether oxygens (including phenoxy) is 1. The van der Waals surface area contributed by atoms with Gasteiger partial charge in [0.2, 0.25) is 17.7 Å². The van der Waals surface area contributed by atoms with Gasteiger partial charge in [-0.3, -0.25) is 14.4 Å². The van der Waals surface area contributed by atoms with Crippen LogP contribution in [0.15, 0.2) is 53.0 Å². The molecule has 4 rings (SSSR count). The van der Waals surface area contributed by atoms with Crippen molar-refractivity contribution in [2.24, 2.45) is 5.92 Å². The average molecular weight is 586 g/mol. The first-order valence-electron chi connectivity index (χ1n) is 13.4. The van der Waals surface area contributed by atoms with Crippen molar-refractivity contribution in [3.8, 4) is 5.75 Å². The highest BCUT2D eigenvalue weighted by atomic mass is 79.9. The Morgan fingerprint density at radius 2 is 1.74 bits per heavy atom. The van der Waals surface area contributed by atoms with Gasteiger partial charge in [-0.25, -0.2) is 0 Å². The van der Waals surface area contributed by atoms with E-state index in [2.05, 4.69) is 31.9 Å². The number of nitrogens with zero attached hydrogens (tertiary/aromatic N) is 1. The molecule has 1 heterocycles. The van der Waals surface area contributed by atoms with Crippen LogP contribution in [0.4, 0.5) is 0 Å². The van der Waals surface area contributed by atoms with Crippen LogP contribution in [0.3, 0.4) is 0 Å². The fourth-order valence-electron chi connectivity index (χ4n) is 4.67. The highest BCUT2D eigenvalue weighted by Crippen LogP contribution is 2.33. The lowest BCUT2D eigenvalue weighted by molar-refractivity contribution is -0.141. The summed E-state index contributed by atoms with van der Waals surface area (Å²) in [6.07, 6.45) is 3.80. The van der Waals surface area contributed by atoms with Crippen molar-refractivity contribution >= 4 is 33.7 Å². The normalized spacial score (nSPS) is 24.3. The SMILES string of the molecule is C[C@@H]1C(=O)N[C@H](Cc2ccc(Br)cc2)C(=O)NCCCc2ccccc2OCCN[C@@H](C2CC2)C(=O)N1C. The largest absolute Gasteiger partial charge is 0.492 e. The number of para-hydroxylation sites is 1. The highest BCUT2D eigenvalue weighted by Gasteiger charge is 2.39. The number of likely N-dealkylation sites (N-methyl/N-ethyl adjacent to an activating group) is 1. The molecule has 1 aliphatic carbocycles. The van der Waals surface area contributed by atoms with Gasteiger partial charge in [-0.2, -0.15) is 0 Å². The molecule has 3 N–H and O–H groups in total. The standard InChI is InChI=1S/C29H37BrN4O4/c1-19-27(35)33-24(18-20-9-13-23(30)14-10-20)28(36)32-15-5-7-21-6-3-4-8-25(21)38-17-16-31-26(22-11-12-22)29(37)34(19)2/h3-4,6,8-10,13-14,19,22,24,26,31H,5,7,11-12,15-18H2,1-2H3,(H,32,36)(H,33,35)/t19-,24-,26+/m1/s1. The first kappa shape index (κ1) is 28.1. The summed E-state index contributed by atoms with van der Waals surface area (Å²) in [6.45, 7) is 3.13. The molecule has 0 radical (unpaired) electrons. The van der Waals surface area contributed by atoms with E-state index in [0.29, 0.717) is 26.1 Å². The molecule has 0 spiro atoms. The second kappa shape index (κ2) is 13.2. The molecule has 1 aliphatic heterocycles. The Balaban J connectivity index is 1.54. The molecular weight excluding hydrogens is 548 g/mol. The summed E-state index contributed by atoms with van der Waals surface area (Å²) in [5.74, 6) is 0.360. The number of benzene rings is 2. The Morgan fingerprint density at radius 1 is 1.00 bits per heavy atom. The number of aryl methyl sites for hydroxylation is 1. The molecule has 8 nitrogen and oxygen atoms in total. The van der Waals surface area contributed by atoms with Crippen LogP contribution in [0, 0.1) is 5.92 Å². The molecule has 3 amide bonds. The summed E-state index contributed by atoms with van der Waals surface area (Å²) in [7, 11) is 1.65. The van der Waals surface area contributed by atoms with Crippen LogP contribution in [-0.2, 0) is 27.2 Å². The van der Waals surface area contributed by atoms with Crippen molar-refractivity contribution in [2.45, 2.75) is 57.2 Å². The molecule has 2 aromatic rings. The van der Waals surface area contributed by atoms with Gasteiger partial charge < -0.3 is 25.6 Å². The second-order valence-corrected chi connectivity index (χ2v) is 11.1. The summed E-state index contributed by atoms with van der Waals surface area (Å²) >= 11 is 3.44. The third-order valence-electron chi connectivity index (χ3n) is 7.27. The number of amides is 3. The minimum Gasteiger partial charge on any atom is -0.492 e. The Bertz CT molecular complexity index is 1120. The van der Waals surface area contributed by atoms with E-state index in [4.69, 9.17) is 4.74 Å². The molecule has 1 fully saturated rings. The Morgan fingerprint density at radius 3 is 2.47 bits per heavy atom. The van der Waals surface area contributed by atoms with Gasteiger partial charge >= 0.3 is 0 Å². The third-order valence-corrected chi connectivity index (χ3v) is 7.80. The van der Waals surface area contributed by atoms with E-state index in [1.165, 1.54) is 4.90 Å². The van der Waals surface area contributed by atoms with E-state index in [9.17, 15) is 14.4 Å². The minimum absolute atomic E-state index is 0.120. The van der Waals surface area contributed by atoms with E-state index >= 15 is 0 Å². The van der Waals surface area contributed by atoms with E-state index in [-0.39, 0.29) is 29.7 Å². The van der Waals surface area contributed by atoms with E-state index in [1.54, 1.807) is 14.0 Å². The number of nitrogens with one attached hydrogen (secondary N) is 3. The first-order chi connectivity index (χ1) is 18.3. The van der Waals surface area contributed by atoms with E-state index in [0.717, 1.165) is 47.0 Å². The fraction of sp³-hybridized carbons (Fsp3) is 0.483. The summed E-state index contributed by atoms with van der Waals surface area (Å²) in [5, 5.41) is 9.27. The number of hydrogen-bond acceptors (Lipinski definition) is 5. The predicted molar refractivity (Wildman–Crippen MR) is 150 cm³/mol. The molecule has 0 bridgehead atoms. The van der Waals surface area contributed by atoms with Crippen LogP contribution in [0.2, 0.25) is 0 Å². The van der Waals surface area contributed by atoms with Crippen LogP contribution in [-0.4, -0.2) is 67.5 Å². The van der Waals surface area contributed by atoms with Gasteiger partial charge in [0.05, 0.1) is 6.04 Å². The van der Waals surface area contributed by atoms with Crippen molar-refractivity contribution in [3.63, 3.8) is 0 Å². The van der Waals surface area contributed by atoms with Gasteiger partial charge in [0.15, 0.2) is 0 Å². The van der Waals surface area contributed by atoms with Crippen LogP contribution in [0.25, 0.3) is 0 Å². The van der Waals surface area contributed by atoms with Crippen molar-refractivity contribution in [1.82, 2.24) is 20.9 Å². The maximum absolute atomic E-state index is 13.4. The molecule has 204 valence electrons. The quantitative estimate of drug-likeness (QED) is 0.515. The molecule has 2 aliphatic rings. The number of rotatable bonds is 3. The Labute approximate surface area is 233 Å². The molecule has 0 aromatic heterocycles. The molecule has 0 saturated heterocycles. The smallest absolute Gasteiger partial charge is 0.243 e. The lowest BCUT2D eigenvalue weighted by Gasteiger charge is -2.30. The number of carbonyl (C=O) groups is 3. The Kier molecular flexibility index (Phi) is 9.80. The topological polar surface area (TPSA) is 99.8 Å². The average Bonchev–Trinajstić information content (AvgIpc) is 3.76. The molecule has 2 aromatic carbocycles. The lowest BCUT2D eigenvalue weighted by Crippen LogP contribution is -2.56. The zero-order valence-corrected chi connectivity index (χ0v) is 23.6. The lowest BCUT2D eigenvalue weighted by atomic mass is 10.0. The molecule has 9 heteroatoms. The second-order valence-electron chi connectivity index (χ2n) is 10.1. The summed E-state index contributed by atoms with van der Waals surface area (Å²) in [6, 6.07) is 13.7. The van der Waals surface area contributed by atoms with E-state index in [1.807, 2.05) is 48.5 Å². The van der Waals surface area contributed by atoms with E-state index < -0.39 is 12.1 Å². The van der Waals surface area contributed by atoms with Gasteiger partial charge in [0.1, 0.15) is 24.4 Å². The minimum atomic E-state index is -0.763. The number of carbonyl (C=O) groups excluding carboxylic acids is 3. The third kappa shape index (κ3) is 7.57. The maximum Gasteiger partial charge on any atom is 0.243 e. The van der Waals surface area contributed by atoms with Gasteiger partial charge in [-0.1, -0.05) is 46.3 Å². The predicted octanol–water partition coefficient (Wildman–Crippen LogP) is 2.83. The van der Waals surface area contributed by atoms with Gasteiger partial charge in [-0.15, -0.1) is 0 Å². The van der Waals surface area contributed by atoms with Crippen LogP contribution in [0.5, 0.6) is 5.75 Å². The molecular formula is C29H37BrN4O4. The molecule has 38 heavy (non-hydrogen) atoms. The van der Waals surface area contributed by atoms with Crippen molar-refractivity contribution in [1.29, 1.82) is 0 Å². The summed E-state index contributed by atoms with van der Waals surface area (Å²) in [5.41, 5.74) is 2.00. The fourth-order valence-corrected chi connectivity index (χ4v) is 4.93. The zero-order chi connectivity index (χ0) is 27.1. The highest BCUT2D eigenvalue weighted by molar-refractivity contribution is 9.10. The van der Waals surface area contributed by atoms with Gasteiger partial charge in [-0.05, 0) is 67.9 Å². The van der Waals surface area contributed by atoms with Gasteiger partial charge in [0.25, 0.3) is 0 Å². The number of fused-ring (bicyclic) bond motifs is 1. The monoisotopic (exact) mass is 584 g/mol. The van der Waals surface area contributed by atoms with Crippen molar-refractivity contribution in [3.05, 3.63) is 64.1 Å². The number of halogens is 1. The van der Waals surface area contributed by atoms with Crippen LogP contribution >= 0.6 is 15.9 Å². The van der Waals surface area contributed by atoms with Crippen LogP contribution in [0.1, 0.15) is 37.3 Å². The van der Waals surface area contributed by atoms with Gasteiger partial charge in [0, 0.05) is 31.0 Å². The molecule has 1 saturated carbocycles. The molecule has 3 atom stereocenters. The molecule has 0 unspecified atom stereocenters. The summed E-state index contributed by atoms with van der Waals surface area (Å²) in [4.78, 5) is 41.4.